The zero-order chi connectivity index (χ0) is 12.5. The van der Waals surface area contributed by atoms with E-state index in [0.29, 0.717) is 12.8 Å². The van der Waals surface area contributed by atoms with E-state index in [9.17, 15) is 10.2 Å². The Morgan fingerprint density at radius 1 is 1.00 bits per heavy atom. The van der Waals surface area contributed by atoms with E-state index < -0.39 is 11.7 Å². The predicted octanol–water partition coefficient (Wildman–Crippen LogP) is 2.97. The zero-order valence-electron chi connectivity index (χ0n) is 11.4. The average Bonchev–Trinajstić information content (AvgIpc) is 2.00. The Morgan fingerprint density at radius 3 is 1.67 bits per heavy atom. The second-order valence-corrected chi connectivity index (χ2v) is 6.42. The van der Waals surface area contributed by atoms with Gasteiger partial charge in [0.05, 0.1) is 11.7 Å². The highest BCUT2D eigenvalue weighted by Crippen LogP contribution is 2.48. The topological polar surface area (TPSA) is 40.5 Å². The molecule has 2 N–H and O–H groups in total. The molecule has 0 aliphatic carbocycles. The van der Waals surface area contributed by atoms with Gasteiger partial charge in [0.15, 0.2) is 0 Å². The summed E-state index contributed by atoms with van der Waals surface area (Å²) in [4.78, 5) is 0. The lowest BCUT2D eigenvalue weighted by Gasteiger charge is -2.50. The van der Waals surface area contributed by atoms with Crippen molar-refractivity contribution in [3.63, 3.8) is 0 Å². The summed E-state index contributed by atoms with van der Waals surface area (Å²) >= 11 is 0. The van der Waals surface area contributed by atoms with Gasteiger partial charge in [-0.05, 0) is 24.2 Å². The fourth-order valence-electron chi connectivity index (χ4n) is 1.67. The van der Waals surface area contributed by atoms with Crippen molar-refractivity contribution in [1.82, 2.24) is 0 Å². The number of aliphatic hydroxyl groups is 2. The maximum Gasteiger partial charge on any atom is 0.0700 e. The van der Waals surface area contributed by atoms with E-state index in [1.165, 1.54) is 0 Å². The quantitative estimate of drug-likeness (QED) is 0.758. The molecule has 2 unspecified atom stereocenters. The molecule has 15 heavy (non-hydrogen) atoms. The monoisotopic (exact) mass is 216 g/mol. The minimum atomic E-state index is -0.847. The lowest BCUT2D eigenvalue weighted by atomic mass is 9.59. The molecule has 92 valence electrons. The third-order valence-corrected chi connectivity index (χ3v) is 4.33. The highest BCUT2D eigenvalue weighted by molar-refractivity contribution is 4.98. The third kappa shape index (κ3) is 3.18. The van der Waals surface area contributed by atoms with Gasteiger partial charge in [0.1, 0.15) is 0 Å². The van der Waals surface area contributed by atoms with E-state index in [2.05, 4.69) is 34.6 Å². The largest absolute Gasteiger partial charge is 0.393 e. The van der Waals surface area contributed by atoms with Crippen LogP contribution in [0, 0.1) is 10.8 Å². The second kappa shape index (κ2) is 4.42. The Balaban J connectivity index is 4.85. The van der Waals surface area contributed by atoms with Crippen LogP contribution in [-0.2, 0) is 0 Å². The van der Waals surface area contributed by atoms with Crippen molar-refractivity contribution in [2.45, 2.75) is 73.0 Å². The maximum absolute atomic E-state index is 10.5. The molecule has 0 saturated heterocycles. The van der Waals surface area contributed by atoms with Gasteiger partial charge in [0, 0.05) is 6.42 Å². The minimum absolute atomic E-state index is 0.00393. The Morgan fingerprint density at radius 2 is 1.40 bits per heavy atom. The summed E-state index contributed by atoms with van der Waals surface area (Å²) in [6.45, 7) is 14.3. The fourth-order valence-corrected chi connectivity index (χ4v) is 1.67. The van der Waals surface area contributed by atoms with E-state index in [1.54, 1.807) is 0 Å². The van der Waals surface area contributed by atoms with Crippen LogP contribution in [0.3, 0.4) is 0 Å². The Kier molecular flexibility index (Phi) is 4.40. The zero-order valence-corrected chi connectivity index (χ0v) is 11.4. The van der Waals surface area contributed by atoms with Crippen molar-refractivity contribution in [3.8, 4) is 0 Å². The maximum atomic E-state index is 10.5. The summed E-state index contributed by atoms with van der Waals surface area (Å²) in [6.07, 6.45) is 0.714. The lowest BCUT2D eigenvalue weighted by molar-refractivity contribution is -0.129. The Labute approximate surface area is 94.7 Å². The van der Waals surface area contributed by atoms with Crippen LogP contribution < -0.4 is 0 Å². The van der Waals surface area contributed by atoms with Gasteiger partial charge in [-0.25, -0.2) is 0 Å². The van der Waals surface area contributed by atoms with E-state index in [4.69, 9.17) is 0 Å². The second-order valence-electron chi connectivity index (χ2n) is 6.42. The average molecular weight is 216 g/mol. The minimum Gasteiger partial charge on any atom is -0.393 e. The van der Waals surface area contributed by atoms with E-state index in [1.807, 2.05) is 13.8 Å². The van der Waals surface area contributed by atoms with Gasteiger partial charge in [0.25, 0.3) is 0 Å². The first-order chi connectivity index (χ1) is 6.45. The summed E-state index contributed by atoms with van der Waals surface area (Å²) in [6, 6.07) is 0. The van der Waals surface area contributed by atoms with Crippen LogP contribution in [0.2, 0.25) is 0 Å². The first-order valence-corrected chi connectivity index (χ1v) is 5.86. The Hall–Kier alpha value is -0.0800. The van der Waals surface area contributed by atoms with Crippen molar-refractivity contribution in [1.29, 1.82) is 0 Å². The van der Waals surface area contributed by atoms with Crippen LogP contribution in [-0.4, -0.2) is 21.9 Å². The summed E-state index contributed by atoms with van der Waals surface area (Å²) in [5.74, 6) is 0. The molecule has 0 spiro atoms. The molecule has 0 aliphatic rings. The van der Waals surface area contributed by atoms with Crippen LogP contribution >= 0.6 is 0 Å². The number of rotatable bonds is 4. The van der Waals surface area contributed by atoms with Gasteiger partial charge in [-0.2, -0.15) is 0 Å². The standard InChI is InChI=1S/C13H28O2/c1-8-10(14)9-13(7,15)12(5,6)11(2,3)4/h10,14-15H,8-9H2,1-7H3. The van der Waals surface area contributed by atoms with Crippen molar-refractivity contribution < 1.29 is 10.2 Å². The fraction of sp³-hybridized carbons (Fsp3) is 1.00. The molecule has 2 heteroatoms. The van der Waals surface area contributed by atoms with E-state index in [0.717, 1.165) is 0 Å². The number of aliphatic hydroxyl groups excluding tert-OH is 1. The van der Waals surface area contributed by atoms with Gasteiger partial charge >= 0.3 is 0 Å². The third-order valence-electron chi connectivity index (χ3n) is 4.33. The summed E-state index contributed by atoms with van der Waals surface area (Å²) in [5, 5.41) is 20.2. The number of hydrogen-bond donors (Lipinski definition) is 2. The first-order valence-electron chi connectivity index (χ1n) is 5.86. The van der Waals surface area contributed by atoms with Gasteiger partial charge in [-0.15, -0.1) is 0 Å². The number of hydrogen-bond acceptors (Lipinski definition) is 2. The highest BCUT2D eigenvalue weighted by Gasteiger charge is 2.47. The van der Waals surface area contributed by atoms with Gasteiger partial charge < -0.3 is 10.2 Å². The summed E-state index contributed by atoms with van der Waals surface area (Å²) in [5.41, 5.74) is -1.08. The molecule has 0 aromatic heterocycles. The lowest BCUT2D eigenvalue weighted by Crippen LogP contribution is -2.51. The highest BCUT2D eigenvalue weighted by atomic mass is 16.3. The van der Waals surface area contributed by atoms with Crippen LogP contribution in [0.1, 0.15) is 61.3 Å². The molecule has 0 radical (unpaired) electrons. The van der Waals surface area contributed by atoms with Crippen molar-refractivity contribution >= 4 is 0 Å². The molecule has 0 amide bonds. The van der Waals surface area contributed by atoms with Crippen LogP contribution in [0.5, 0.6) is 0 Å². The molecule has 0 rings (SSSR count). The van der Waals surface area contributed by atoms with E-state index in [-0.39, 0.29) is 10.8 Å². The van der Waals surface area contributed by atoms with Crippen molar-refractivity contribution in [3.05, 3.63) is 0 Å². The van der Waals surface area contributed by atoms with Gasteiger partial charge in [-0.3, -0.25) is 0 Å². The summed E-state index contributed by atoms with van der Waals surface area (Å²) in [7, 11) is 0. The van der Waals surface area contributed by atoms with Gasteiger partial charge in [-0.1, -0.05) is 41.5 Å². The predicted molar refractivity (Wildman–Crippen MR) is 64.8 cm³/mol. The molecule has 0 heterocycles. The molecule has 0 aromatic carbocycles. The van der Waals surface area contributed by atoms with Crippen molar-refractivity contribution in [2.24, 2.45) is 10.8 Å². The molecule has 0 aromatic rings. The molecular weight excluding hydrogens is 188 g/mol. The first kappa shape index (κ1) is 14.9. The van der Waals surface area contributed by atoms with E-state index >= 15 is 0 Å². The molecule has 0 bridgehead atoms. The molecule has 0 saturated carbocycles. The SMILES string of the molecule is CCC(O)CC(C)(O)C(C)(C)C(C)(C)C. The summed E-state index contributed by atoms with van der Waals surface area (Å²) < 4.78 is 0. The van der Waals surface area contributed by atoms with Gasteiger partial charge in [0.2, 0.25) is 0 Å². The van der Waals surface area contributed by atoms with Crippen LogP contribution in [0.15, 0.2) is 0 Å². The normalized spacial score (nSPS) is 19.8. The molecular formula is C13H28O2. The van der Waals surface area contributed by atoms with Crippen molar-refractivity contribution in [2.75, 3.05) is 0 Å². The molecule has 0 fully saturated rings. The molecule has 2 atom stereocenters. The Bertz CT molecular complexity index is 199. The molecule has 2 nitrogen and oxygen atoms in total. The molecule has 0 aliphatic heterocycles. The van der Waals surface area contributed by atoms with Crippen LogP contribution in [0.25, 0.3) is 0 Å². The van der Waals surface area contributed by atoms with Crippen LogP contribution in [0.4, 0.5) is 0 Å². The smallest absolute Gasteiger partial charge is 0.0700 e.